The Kier molecular flexibility index (Phi) is 9.72. The second-order valence-electron chi connectivity index (χ2n) is 7.41. The van der Waals surface area contributed by atoms with Crippen molar-refractivity contribution in [2.75, 3.05) is 14.2 Å². The normalized spacial score (nSPS) is 13.1. The first-order valence-electron chi connectivity index (χ1n) is 10.1. The van der Waals surface area contributed by atoms with Crippen LogP contribution >= 0.6 is 0 Å². The minimum Gasteiger partial charge on any atom is -0.522 e. The molecule has 174 valence electrons. The van der Waals surface area contributed by atoms with Gasteiger partial charge in [0.2, 0.25) is 5.91 Å². The van der Waals surface area contributed by atoms with Crippen LogP contribution in [0.15, 0.2) is 48.3 Å². The van der Waals surface area contributed by atoms with Crippen molar-refractivity contribution < 1.29 is 49.8 Å². The van der Waals surface area contributed by atoms with Gasteiger partial charge in [0.05, 0.1) is 39.1 Å². The van der Waals surface area contributed by atoms with Gasteiger partial charge in [-0.05, 0) is 36.3 Å². The van der Waals surface area contributed by atoms with Gasteiger partial charge >= 0.3 is 31.1 Å². The molecule has 1 aliphatic carbocycles. The summed E-state index contributed by atoms with van der Waals surface area (Å²) in [4.78, 5) is 20.0. The number of fused-ring (bicyclic) bond motifs is 1. The molecule has 8 heteroatoms. The number of aromatic amines is 1. The number of aromatic nitrogens is 2. The van der Waals surface area contributed by atoms with E-state index >= 15 is 0 Å². The molecule has 0 saturated heterocycles. The molecule has 6 nitrogen and oxygen atoms in total. The van der Waals surface area contributed by atoms with Crippen molar-refractivity contribution in [2.24, 2.45) is 0 Å². The number of pyridine rings is 1. The fourth-order valence-corrected chi connectivity index (χ4v) is 3.73. The summed E-state index contributed by atoms with van der Waals surface area (Å²) in [6.45, 7) is 2.32. The molecule has 4 rings (SSSR count). The largest absolute Gasteiger partial charge is 2.00 e. The van der Waals surface area contributed by atoms with Gasteiger partial charge in [-0.25, -0.2) is 4.39 Å². The number of carbonyl (C=O) groups is 1. The zero-order valence-electron chi connectivity index (χ0n) is 19.6. The van der Waals surface area contributed by atoms with Crippen molar-refractivity contribution in [1.29, 1.82) is 0 Å². The van der Waals surface area contributed by atoms with Crippen LogP contribution in [0.2, 0.25) is 0 Å². The van der Waals surface area contributed by atoms with E-state index in [1.54, 1.807) is 20.4 Å². The summed E-state index contributed by atoms with van der Waals surface area (Å²) in [6, 6.07) is 11.9. The smallest absolute Gasteiger partial charge is 0.522 e. The summed E-state index contributed by atoms with van der Waals surface area (Å²) >= 11 is 0. The number of allylic oxidation sites excluding steroid dienone is 2. The van der Waals surface area contributed by atoms with E-state index in [2.05, 4.69) is 21.4 Å². The average molecular weight is 686 g/mol. The second-order valence-corrected chi connectivity index (χ2v) is 7.41. The van der Waals surface area contributed by atoms with E-state index < -0.39 is 5.82 Å². The molecule has 2 aromatic heterocycles. The first-order valence-corrected chi connectivity index (χ1v) is 10.1. The van der Waals surface area contributed by atoms with Gasteiger partial charge in [-0.1, -0.05) is 12.1 Å². The monoisotopic (exact) mass is 685 g/mol. The molecule has 0 bridgehead atoms. The molecule has 2 N–H and O–H groups in total. The Morgan fingerprint density at radius 3 is 2.56 bits per heavy atom. The molecule has 3 aromatic rings. The SMILES string of the molecule is COc1[c-]c(OC)cc(/C=C2/C(C)=C(CC(=O)NCc3ccc[nH]3)c3cc(F)cnc32)c1.[CH3-].[U+2]. The molecule has 0 atom stereocenters. The van der Waals surface area contributed by atoms with Crippen molar-refractivity contribution in [2.45, 2.75) is 19.9 Å². The van der Waals surface area contributed by atoms with Crippen LogP contribution in [0.5, 0.6) is 11.5 Å². The van der Waals surface area contributed by atoms with E-state index in [0.717, 1.165) is 28.0 Å². The van der Waals surface area contributed by atoms with Crippen molar-refractivity contribution >= 4 is 23.1 Å². The molecule has 0 unspecified atom stereocenters. The van der Waals surface area contributed by atoms with E-state index in [1.807, 2.05) is 37.3 Å². The van der Waals surface area contributed by atoms with Gasteiger partial charge in [0.25, 0.3) is 0 Å². The van der Waals surface area contributed by atoms with E-state index in [4.69, 9.17) is 9.47 Å². The number of amides is 1. The predicted octanol–water partition coefficient (Wildman–Crippen LogP) is 4.85. The summed E-state index contributed by atoms with van der Waals surface area (Å²) in [5.74, 6) is 0.474. The number of ether oxygens (including phenoxy) is 2. The molecular formula is C26H26FN3O3U. The van der Waals surface area contributed by atoms with Gasteiger partial charge in [-0.15, -0.1) is 17.7 Å². The van der Waals surface area contributed by atoms with Gasteiger partial charge < -0.3 is 27.2 Å². The van der Waals surface area contributed by atoms with Crippen LogP contribution in [0.1, 0.15) is 35.9 Å². The molecule has 0 fully saturated rings. The zero-order valence-corrected chi connectivity index (χ0v) is 23.7. The topological polar surface area (TPSA) is 76.2 Å². The van der Waals surface area contributed by atoms with E-state index in [-0.39, 0.29) is 50.9 Å². The van der Waals surface area contributed by atoms with E-state index in [0.29, 0.717) is 29.3 Å². The fourth-order valence-electron chi connectivity index (χ4n) is 3.73. The predicted molar refractivity (Wildman–Crippen MR) is 127 cm³/mol. The van der Waals surface area contributed by atoms with E-state index in [9.17, 15) is 9.18 Å². The Hall–Kier alpha value is -2.82. The first-order chi connectivity index (χ1) is 15.5. The minimum atomic E-state index is -0.445. The Bertz CT molecular complexity index is 1200. The summed E-state index contributed by atoms with van der Waals surface area (Å²) in [6.07, 6.45) is 5.05. The van der Waals surface area contributed by atoms with Crippen LogP contribution in [0.4, 0.5) is 4.39 Å². The zero-order chi connectivity index (χ0) is 22.7. The fraction of sp³-hybridized carbons (Fsp3) is 0.192. The van der Waals surface area contributed by atoms with Gasteiger partial charge in [0, 0.05) is 34.5 Å². The second kappa shape index (κ2) is 12.1. The van der Waals surface area contributed by atoms with Crippen molar-refractivity contribution in [3.8, 4) is 11.5 Å². The molecule has 0 radical (unpaired) electrons. The maximum atomic E-state index is 14.0. The van der Waals surface area contributed by atoms with Gasteiger partial charge in [-0.3, -0.25) is 9.78 Å². The van der Waals surface area contributed by atoms with E-state index in [1.165, 1.54) is 12.3 Å². The molecular weight excluding hydrogens is 659 g/mol. The summed E-state index contributed by atoms with van der Waals surface area (Å²) in [5.41, 5.74) is 5.45. The standard InChI is InChI=1S/C25H23FN3O3.CH3.U/c1-15-21(12-24(30)28-14-18-5-4-6-27-18)23-10-17(26)13-29-25(23)22(15)9-16-7-19(31-2)11-20(8-16)32-3;;/h4-10,13,27H,12,14H2,1-3H3,(H,28,30);1H3;/q2*-1;+2/b22-9-;;. The Balaban J connectivity index is 0.00000204. The van der Waals surface area contributed by atoms with Crippen LogP contribution in [-0.2, 0) is 11.3 Å². The molecule has 2 heterocycles. The molecule has 34 heavy (non-hydrogen) atoms. The first kappa shape index (κ1) is 27.4. The number of nitrogens with zero attached hydrogens (tertiary/aromatic N) is 1. The number of hydrogen-bond acceptors (Lipinski definition) is 4. The van der Waals surface area contributed by atoms with Gasteiger partial charge in [0.1, 0.15) is 5.82 Å². The Morgan fingerprint density at radius 1 is 1.24 bits per heavy atom. The number of carbonyl (C=O) groups excluding carboxylic acids is 1. The molecule has 0 aliphatic heterocycles. The van der Waals surface area contributed by atoms with Gasteiger partial charge in [0.15, 0.2) is 0 Å². The maximum Gasteiger partial charge on any atom is 2.00 e. The Morgan fingerprint density at radius 2 is 1.94 bits per heavy atom. The number of halogens is 1. The summed E-state index contributed by atoms with van der Waals surface area (Å²) < 4.78 is 24.7. The number of hydrogen-bond donors (Lipinski definition) is 2. The van der Waals surface area contributed by atoms with Crippen molar-refractivity contribution in [1.82, 2.24) is 15.3 Å². The minimum absolute atomic E-state index is 0. The average Bonchev–Trinajstić information content (AvgIpc) is 3.40. The third-order valence-corrected chi connectivity index (χ3v) is 5.36. The molecule has 0 spiro atoms. The molecule has 0 saturated carbocycles. The van der Waals surface area contributed by atoms with Crippen molar-refractivity contribution in [3.05, 3.63) is 90.1 Å². The number of rotatable bonds is 7. The van der Waals surface area contributed by atoms with Crippen LogP contribution in [0.25, 0.3) is 17.2 Å². The van der Waals surface area contributed by atoms with Crippen LogP contribution in [0, 0.1) is 50.4 Å². The van der Waals surface area contributed by atoms with Crippen molar-refractivity contribution in [3.63, 3.8) is 0 Å². The van der Waals surface area contributed by atoms with Crippen LogP contribution in [-0.4, -0.2) is 30.1 Å². The molecule has 1 aliphatic rings. The molecule has 1 amide bonds. The number of H-pyrrole nitrogens is 1. The molecule has 1 aromatic carbocycles. The maximum absolute atomic E-state index is 14.0. The quantitative estimate of drug-likeness (QED) is 0.349. The van der Waals surface area contributed by atoms with Crippen LogP contribution < -0.4 is 14.8 Å². The summed E-state index contributed by atoms with van der Waals surface area (Å²) in [7, 11) is 3.12. The third kappa shape index (κ3) is 5.99. The third-order valence-electron chi connectivity index (χ3n) is 5.36. The van der Waals surface area contributed by atoms with Crippen LogP contribution in [0.3, 0.4) is 0 Å². The number of methoxy groups -OCH3 is 2. The number of nitrogens with one attached hydrogen (secondary N) is 2. The number of benzene rings is 1. The van der Waals surface area contributed by atoms with Gasteiger partial charge in [-0.2, -0.15) is 0 Å². The summed E-state index contributed by atoms with van der Waals surface area (Å²) in [5, 5.41) is 2.90. The Labute approximate surface area is 223 Å².